The Kier molecular flexibility index (Phi) is 3.84. The van der Waals surface area contributed by atoms with E-state index >= 15 is 0 Å². The molecular weight excluding hydrogens is 364 g/mol. The molecule has 0 radical (unpaired) electrons. The largest absolute Gasteiger partial charge is 0.496 e. The Morgan fingerprint density at radius 1 is 0.897 bits per heavy atom. The Balaban J connectivity index is 1.80. The van der Waals surface area contributed by atoms with Gasteiger partial charge < -0.3 is 4.74 Å². The zero-order valence-electron chi connectivity index (χ0n) is 16.7. The lowest BCUT2D eigenvalue weighted by Crippen LogP contribution is -2.02. The molecule has 29 heavy (non-hydrogen) atoms. The minimum absolute atomic E-state index is 0.607. The number of rotatable bonds is 3. The van der Waals surface area contributed by atoms with Crippen molar-refractivity contribution in [1.82, 2.24) is 29.1 Å². The van der Waals surface area contributed by atoms with Crippen molar-refractivity contribution < 1.29 is 4.74 Å². The van der Waals surface area contributed by atoms with E-state index in [1.165, 1.54) is 0 Å². The summed E-state index contributed by atoms with van der Waals surface area (Å²) in [5, 5.41) is 5.62. The third kappa shape index (κ3) is 2.58. The molecule has 0 aliphatic rings. The van der Waals surface area contributed by atoms with Crippen LogP contribution in [0.3, 0.4) is 0 Å². The summed E-state index contributed by atoms with van der Waals surface area (Å²) in [4.78, 5) is 14.2. The van der Waals surface area contributed by atoms with E-state index < -0.39 is 0 Å². The highest BCUT2D eigenvalue weighted by Crippen LogP contribution is 2.32. The third-order valence-electron chi connectivity index (χ3n) is 5.28. The van der Waals surface area contributed by atoms with Gasteiger partial charge in [0.2, 0.25) is 0 Å². The van der Waals surface area contributed by atoms with Crippen LogP contribution in [0, 0.1) is 20.8 Å². The first-order chi connectivity index (χ1) is 14.1. The van der Waals surface area contributed by atoms with Crippen molar-refractivity contribution in [2.24, 2.45) is 0 Å². The zero-order chi connectivity index (χ0) is 20.1. The van der Waals surface area contributed by atoms with Gasteiger partial charge in [-0.25, -0.2) is 19.5 Å². The van der Waals surface area contributed by atoms with Crippen LogP contribution >= 0.6 is 0 Å². The van der Waals surface area contributed by atoms with Crippen molar-refractivity contribution in [3.63, 3.8) is 0 Å². The molecule has 0 aliphatic heterocycles. The zero-order valence-corrected chi connectivity index (χ0v) is 16.7. The van der Waals surface area contributed by atoms with Crippen LogP contribution in [0.15, 0.2) is 48.8 Å². The topological polar surface area (TPSA) is 70.1 Å². The second kappa shape index (κ2) is 6.41. The van der Waals surface area contributed by atoms with Gasteiger partial charge in [0.15, 0.2) is 17.1 Å². The number of ether oxygens (including phenoxy) is 1. The molecule has 7 nitrogen and oxygen atoms in total. The molecule has 0 N–H and O–H groups in total. The molecule has 4 aromatic heterocycles. The Hall–Kier alpha value is -3.74. The molecule has 0 unspecified atom stereocenters. The van der Waals surface area contributed by atoms with E-state index in [4.69, 9.17) is 14.7 Å². The van der Waals surface area contributed by atoms with Gasteiger partial charge in [0, 0.05) is 11.4 Å². The standard InChI is InChI=1S/C22H20N6O/c1-13-8-7-11-18(24-13)28-15(3)14(2)19-21(28)23-12-27-22(19)25-20(26-27)16-9-5-6-10-17(16)29-4/h5-12H,1-4H3. The summed E-state index contributed by atoms with van der Waals surface area (Å²) in [6.45, 7) is 6.15. The molecule has 0 atom stereocenters. The summed E-state index contributed by atoms with van der Waals surface area (Å²) in [6, 6.07) is 13.7. The average Bonchev–Trinajstić information content (AvgIpc) is 3.27. The number of benzene rings is 1. The van der Waals surface area contributed by atoms with Crippen LogP contribution in [-0.4, -0.2) is 36.2 Å². The quantitative estimate of drug-likeness (QED) is 0.469. The van der Waals surface area contributed by atoms with Gasteiger partial charge >= 0.3 is 0 Å². The predicted molar refractivity (Wildman–Crippen MR) is 112 cm³/mol. The molecule has 0 saturated heterocycles. The van der Waals surface area contributed by atoms with E-state index in [1.807, 2.05) is 49.4 Å². The Labute approximate surface area is 167 Å². The van der Waals surface area contributed by atoms with E-state index in [-0.39, 0.29) is 0 Å². The number of para-hydroxylation sites is 1. The normalized spacial score (nSPS) is 11.4. The molecule has 0 bridgehead atoms. The SMILES string of the molecule is COc1ccccc1-c1nc2c3c(C)c(C)n(-c4cccc(C)n4)c3ncn2n1. The summed E-state index contributed by atoms with van der Waals surface area (Å²) in [5.41, 5.74) is 5.60. The lowest BCUT2D eigenvalue weighted by molar-refractivity contribution is 0.416. The van der Waals surface area contributed by atoms with Crippen LogP contribution in [0.5, 0.6) is 5.75 Å². The number of hydrogen-bond donors (Lipinski definition) is 0. The Morgan fingerprint density at radius 3 is 2.52 bits per heavy atom. The first-order valence-electron chi connectivity index (χ1n) is 9.39. The fourth-order valence-corrected chi connectivity index (χ4v) is 3.74. The maximum absolute atomic E-state index is 5.48. The van der Waals surface area contributed by atoms with Crippen molar-refractivity contribution >= 4 is 16.7 Å². The van der Waals surface area contributed by atoms with Crippen molar-refractivity contribution in [3.8, 4) is 23.0 Å². The number of pyridine rings is 1. The predicted octanol–water partition coefficient (Wildman–Crippen LogP) is 4.06. The smallest absolute Gasteiger partial charge is 0.185 e. The number of hydrogen-bond acceptors (Lipinski definition) is 5. The second-order valence-electron chi connectivity index (χ2n) is 7.03. The summed E-state index contributed by atoms with van der Waals surface area (Å²) in [6.07, 6.45) is 1.70. The minimum atomic E-state index is 0.607. The van der Waals surface area contributed by atoms with Crippen LogP contribution in [0.4, 0.5) is 0 Å². The van der Waals surface area contributed by atoms with E-state index in [0.717, 1.165) is 50.8 Å². The van der Waals surface area contributed by atoms with E-state index in [1.54, 1.807) is 18.0 Å². The molecule has 0 fully saturated rings. The number of nitrogens with zero attached hydrogens (tertiary/aromatic N) is 6. The van der Waals surface area contributed by atoms with Crippen LogP contribution in [-0.2, 0) is 0 Å². The molecule has 1 aromatic carbocycles. The van der Waals surface area contributed by atoms with Crippen LogP contribution in [0.1, 0.15) is 17.0 Å². The van der Waals surface area contributed by atoms with Gasteiger partial charge in [-0.05, 0) is 50.6 Å². The summed E-state index contributed by atoms with van der Waals surface area (Å²) < 4.78 is 9.29. The highest BCUT2D eigenvalue weighted by Gasteiger charge is 2.20. The molecule has 0 saturated carbocycles. The maximum atomic E-state index is 5.48. The Bertz CT molecular complexity index is 1380. The van der Waals surface area contributed by atoms with E-state index in [0.29, 0.717) is 5.82 Å². The molecule has 0 spiro atoms. The fourth-order valence-electron chi connectivity index (χ4n) is 3.74. The number of fused-ring (bicyclic) bond motifs is 3. The molecular formula is C22H20N6O. The van der Waals surface area contributed by atoms with Crippen LogP contribution in [0.2, 0.25) is 0 Å². The first-order valence-corrected chi connectivity index (χ1v) is 9.39. The van der Waals surface area contributed by atoms with Gasteiger partial charge in [-0.15, -0.1) is 5.10 Å². The van der Waals surface area contributed by atoms with Crippen molar-refractivity contribution in [2.45, 2.75) is 20.8 Å². The molecule has 5 aromatic rings. The molecule has 4 heterocycles. The molecule has 144 valence electrons. The van der Waals surface area contributed by atoms with Gasteiger partial charge in [-0.1, -0.05) is 18.2 Å². The molecule has 5 rings (SSSR count). The van der Waals surface area contributed by atoms with Gasteiger partial charge in [0.25, 0.3) is 0 Å². The summed E-state index contributed by atoms with van der Waals surface area (Å²) in [7, 11) is 1.65. The molecule has 7 heteroatoms. The lowest BCUT2D eigenvalue weighted by atomic mass is 10.2. The van der Waals surface area contributed by atoms with Crippen LogP contribution < -0.4 is 4.74 Å². The third-order valence-corrected chi connectivity index (χ3v) is 5.28. The number of methoxy groups -OCH3 is 1. The summed E-state index contributed by atoms with van der Waals surface area (Å²) in [5.74, 6) is 2.19. The summed E-state index contributed by atoms with van der Waals surface area (Å²) >= 11 is 0. The van der Waals surface area contributed by atoms with Gasteiger partial charge in [0.1, 0.15) is 17.9 Å². The monoisotopic (exact) mass is 384 g/mol. The highest BCUT2D eigenvalue weighted by atomic mass is 16.5. The molecule has 0 aliphatic carbocycles. The average molecular weight is 384 g/mol. The van der Waals surface area contributed by atoms with E-state index in [9.17, 15) is 0 Å². The maximum Gasteiger partial charge on any atom is 0.185 e. The number of aryl methyl sites for hydroxylation is 2. The highest BCUT2D eigenvalue weighted by molar-refractivity contribution is 5.95. The molecule has 0 amide bonds. The second-order valence-corrected chi connectivity index (χ2v) is 7.03. The van der Waals surface area contributed by atoms with Crippen LogP contribution in [0.25, 0.3) is 33.9 Å². The van der Waals surface area contributed by atoms with Crippen molar-refractivity contribution in [2.75, 3.05) is 7.11 Å². The van der Waals surface area contributed by atoms with Gasteiger partial charge in [0.05, 0.1) is 18.1 Å². The van der Waals surface area contributed by atoms with E-state index in [2.05, 4.69) is 28.5 Å². The van der Waals surface area contributed by atoms with Crippen molar-refractivity contribution in [3.05, 3.63) is 65.7 Å². The Morgan fingerprint density at radius 2 is 1.72 bits per heavy atom. The number of aromatic nitrogens is 6. The van der Waals surface area contributed by atoms with Crippen molar-refractivity contribution in [1.29, 1.82) is 0 Å². The lowest BCUT2D eigenvalue weighted by Gasteiger charge is -2.07. The first kappa shape index (κ1) is 17.4. The minimum Gasteiger partial charge on any atom is -0.496 e. The fraction of sp³-hybridized carbons (Fsp3) is 0.182. The van der Waals surface area contributed by atoms with Gasteiger partial charge in [-0.3, -0.25) is 4.57 Å². The van der Waals surface area contributed by atoms with Gasteiger partial charge in [-0.2, -0.15) is 0 Å².